The molecule has 0 saturated heterocycles. The molecule has 0 spiro atoms. The van der Waals surface area contributed by atoms with Crippen LogP contribution in [0, 0.1) is 5.92 Å². The molecule has 0 saturated carbocycles. The molecule has 5 heteroatoms. The molecular weight excluding hydrogens is 244 g/mol. The molecule has 0 heterocycles. The minimum atomic E-state index is -1.06. The summed E-state index contributed by atoms with van der Waals surface area (Å²) in [4.78, 5) is 24.5. The van der Waals surface area contributed by atoms with E-state index in [1.807, 2.05) is 19.9 Å². The zero-order chi connectivity index (χ0) is 14.4. The first-order valence-electron chi connectivity index (χ1n) is 6.31. The molecule has 0 aliphatic rings. The highest BCUT2D eigenvalue weighted by Gasteiger charge is 2.27. The van der Waals surface area contributed by atoms with Crippen molar-refractivity contribution in [1.82, 2.24) is 0 Å². The van der Waals surface area contributed by atoms with Gasteiger partial charge >= 0.3 is 5.97 Å². The Bertz CT molecular complexity index is 434. The van der Waals surface area contributed by atoms with Gasteiger partial charge in [-0.15, -0.1) is 0 Å². The number of benzene rings is 1. The second-order valence-corrected chi connectivity index (χ2v) is 4.56. The van der Waals surface area contributed by atoms with Gasteiger partial charge in [-0.1, -0.05) is 38.5 Å². The predicted octanol–water partition coefficient (Wildman–Crippen LogP) is 1.48. The maximum absolute atomic E-state index is 12.3. The number of nitrogens with zero attached hydrogens (tertiary/aromatic N) is 1. The molecule has 0 bridgehead atoms. The number of carboxylic acids is 1. The van der Waals surface area contributed by atoms with E-state index < -0.39 is 12.0 Å². The monoisotopic (exact) mass is 264 g/mol. The van der Waals surface area contributed by atoms with Crippen LogP contribution in [-0.2, 0) is 9.59 Å². The number of hydrogen-bond acceptors (Lipinski definition) is 3. The van der Waals surface area contributed by atoms with Crippen molar-refractivity contribution < 1.29 is 14.7 Å². The van der Waals surface area contributed by atoms with Crippen LogP contribution >= 0.6 is 0 Å². The van der Waals surface area contributed by atoms with Crippen LogP contribution in [-0.4, -0.2) is 29.6 Å². The summed E-state index contributed by atoms with van der Waals surface area (Å²) >= 11 is 0. The third-order valence-corrected chi connectivity index (χ3v) is 3.17. The van der Waals surface area contributed by atoms with E-state index in [0.717, 1.165) is 6.42 Å². The summed E-state index contributed by atoms with van der Waals surface area (Å²) in [6.45, 7) is 3.45. The van der Waals surface area contributed by atoms with Gasteiger partial charge in [-0.25, -0.2) is 0 Å². The SMILES string of the molecule is CCC(C)[C@H](N)C(=O)N(CC(=O)O)c1ccccc1. The Morgan fingerprint density at radius 2 is 1.89 bits per heavy atom. The van der Waals surface area contributed by atoms with Crippen molar-refractivity contribution >= 4 is 17.6 Å². The number of carboxylic acid groups (broad SMARTS) is 1. The quantitative estimate of drug-likeness (QED) is 0.815. The summed E-state index contributed by atoms with van der Waals surface area (Å²) in [6, 6.07) is 8.03. The van der Waals surface area contributed by atoms with Crippen LogP contribution < -0.4 is 10.6 Å². The summed E-state index contributed by atoms with van der Waals surface area (Å²) in [7, 11) is 0. The molecule has 19 heavy (non-hydrogen) atoms. The number of carbonyl (C=O) groups is 2. The Morgan fingerprint density at radius 1 is 1.32 bits per heavy atom. The lowest BCUT2D eigenvalue weighted by Gasteiger charge is -2.26. The molecule has 5 nitrogen and oxygen atoms in total. The minimum Gasteiger partial charge on any atom is -0.480 e. The third-order valence-electron chi connectivity index (χ3n) is 3.17. The highest BCUT2D eigenvalue weighted by molar-refractivity contribution is 6.00. The largest absolute Gasteiger partial charge is 0.480 e. The Hall–Kier alpha value is -1.88. The normalized spacial score (nSPS) is 13.6. The van der Waals surface area contributed by atoms with E-state index in [2.05, 4.69) is 0 Å². The second-order valence-electron chi connectivity index (χ2n) is 4.56. The maximum atomic E-state index is 12.3. The number of anilines is 1. The van der Waals surface area contributed by atoms with Gasteiger partial charge in [-0.3, -0.25) is 14.5 Å². The number of para-hydroxylation sites is 1. The van der Waals surface area contributed by atoms with Gasteiger partial charge in [0.05, 0.1) is 6.04 Å². The van der Waals surface area contributed by atoms with Gasteiger partial charge in [0, 0.05) is 5.69 Å². The van der Waals surface area contributed by atoms with Crippen molar-refractivity contribution in [3.8, 4) is 0 Å². The van der Waals surface area contributed by atoms with E-state index in [1.54, 1.807) is 24.3 Å². The first kappa shape index (κ1) is 15.2. The fraction of sp³-hybridized carbons (Fsp3) is 0.429. The average Bonchev–Trinajstić information content (AvgIpc) is 2.43. The van der Waals surface area contributed by atoms with Crippen LogP contribution in [0.2, 0.25) is 0 Å². The second kappa shape index (κ2) is 6.89. The van der Waals surface area contributed by atoms with Gasteiger partial charge < -0.3 is 10.8 Å². The zero-order valence-electron chi connectivity index (χ0n) is 11.2. The third kappa shape index (κ3) is 4.06. The molecule has 1 amide bonds. The molecule has 1 aromatic carbocycles. The standard InChI is InChI=1S/C14H20N2O3/c1-3-10(2)13(15)14(19)16(9-12(17)18)11-7-5-4-6-8-11/h4-8,10,13H,3,9,15H2,1-2H3,(H,17,18)/t10?,13-/m0/s1. The lowest BCUT2D eigenvalue weighted by Crippen LogP contribution is -2.49. The molecule has 0 aliphatic heterocycles. The maximum Gasteiger partial charge on any atom is 0.323 e. The fourth-order valence-electron chi connectivity index (χ4n) is 1.72. The first-order valence-corrected chi connectivity index (χ1v) is 6.31. The summed E-state index contributed by atoms with van der Waals surface area (Å²) in [6.07, 6.45) is 0.766. The van der Waals surface area contributed by atoms with Crippen molar-refractivity contribution in [2.24, 2.45) is 11.7 Å². The molecule has 0 fully saturated rings. The molecule has 104 valence electrons. The Morgan fingerprint density at radius 3 is 2.37 bits per heavy atom. The number of nitrogens with two attached hydrogens (primary N) is 1. The molecule has 1 rings (SSSR count). The van der Waals surface area contributed by atoms with Gasteiger partial charge in [-0.2, -0.15) is 0 Å². The van der Waals surface area contributed by atoms with Crippen molar-refractivity contribution in [3.05, 3.63) is 30.3 Å². The van der Waals surface area contributed by atoms with Crippen molar-refractivity contribution in [3.63, 3.8) is 0 Å². The minimum absolute atomic E-state index is 0.00695. The van der Waals surface area contributed by atoms with Crippen LogP contribution in [0.25, 0.3) is 0 Å². The zero-order valence-corrected chi connectivity index (χ0v) is 11.2. The Kier molecular flexibility index (Phi) is 5.51. The van der Waals surface area contributed by atoms with Crippen molar-refractivity contribution in [2.45, 2.75) is 26.3 Å². The lowest BCUT2D eigenvalue weighted by atomic mass is 9.98. The Labute approximate surface area is 113 Å². The number of carbonyl (C=O) groups excluding carboxylic acids is 1. The molecular formula is C14H20N2O3. The highest BCUT2D eigenvalue weighted by atomic mass is 16.4. The number of amides is 1. The molecule has 0 aromatic heterocycles. The van der Waals surface area contributed by atoms with E-state index in [-0.39, 0.29) is 18.4 Å². The van der Waals surface area contributed by atoms with Gasteiger partial charge in [0.2, 0.25) is 5.91 Å². The molecule has 0 aliphatic carbocycles. The van der Waals surface area contributed by atoms with Gasteiger partial charge in [0.1, 0.15) is 6.54 Å². The fourth-order valence-corrected chi connectivity index (χ4v) is 1.72. The lowest BCUT2D eigenvalue weighted by molar-refractivity contribution is -0.137. The number of hydrogen-bond donors (Lipinski definition) is 2. The summed E-state index contributed by atoms with van der Waals surface area (Å²) < 4.78 is 0. The van der Waals surface area contributed by atoms with E-state index in [9.17, 15) is 9.59 Å². The molecule has 0 radical (unpaired) electrons. The smallest absolute Gasteiger partial charge is 0.323 e. The summed E-state index contributed by atoms with van der Waals surface area (Å²) in [5.41, 5.74) is 6.45. The van der Waals surface area contributed by atoms with Crippen LogP contribution in [0.3, 0.4) is 0 Å². The van der Waals surface area contributed by atoms with E-state index in [4.69, 9.17) is 10.8 Å². The van der Waals surface area contributed by atoms with Gasteiger partial charge in [0.25, 0.3) is 0 Å². The van der Waals surface area contributed by atoms with Crippen LogP contribution in [0.1, 0.15) is 20.3 Å². The summed E-state index contributed by atoms with van der Waals surface area (Å²) in [5, 5.41) is 8.94. The van der Waals surface area contributed by atoms with E-state index in [0.29, 0.717) is 5.69 Å². The van der Waals surface area contributed by atoms with Gasteiger partial charge in [0.15, 0.2) is 0 Å². The number of aliphatic carboxylic acids is 1. The molecule has 2 atom stereocenters. The first-order chi connectivity index (χ1) is 8.97. The topological polar surface area (TPSA) is 83.6 Å². The molecule has 1 aromatic rings. The average molecular weight is 264 g/mol. The van der Waals surface area contributed by atoms with Gasteiger partial charge in [-0.05, 0) is 18.1 Å². The van der Waals surface area contributed by atoms with E-state index >= 15 is 0 Å². The van der Waals surface area contributed by atoms with Crippen LogP contribution in [0.5, 0.6) is 0 Å². The van der Waals surface area contributed by atoms with Crippen LogP contribution in [0.15, 0.2) is 30.3 Å². The highest BCUT2D eigenvalue weighted by Crippen LogP contribution is 2.17. The predicted molar refractivity (Wildman–Crippen MR) is 73.9 cm³/mol. The Balaban J connectivity index is 2.98. The van der Waals surface area contributed by atoms with Crippen LogP contribution in [0.4, 0.5) is 5.69 Å². The number of rotatable bonds is 6. The molecule has 1 unspecified atom stereocenters. The summed E-state index contributed by atoms with van der Waals surface area (Å²) in [5.74, 6) is -1.41. The van der Waals surface area contributed by atoms with E-state index in [1.165, 1.54) is 4.90 Å². The van der Waals surface area contributed by atoms with Crippen molar-refractivity contribution in [2.75, 3.05) is 11.4 Å². The van der Waals surface area contributed by atoms with Crippen molar-refractivity contribution in [1.29, 1.82) is 0 Å². The molecule has 3 N–H and O–H groups in total.